The zero-order valence-electron chi connectivity index (χ0n) is 10.2. The van der Waals surface area contributed by atoms with E-state index in [1.54, 1.807) is 24.3 Å². The minimum atomic E-state index is -0.339. The van der Waals surface area contributed by atoms with E-state index in [2.05, 4.69) is 5.32 Å². The number of anilines is 2. The van der Waals surface area contributed by atoms with Gasteiger partial charge < -0.3 is 11.1 Å². The Bertz CT molecular complexity index is 621. The molecule has 98 valence electrons. The van der Waals surface area contributed by atoms with Crippen molar-refractivity contribution >= 4 is 40.5 Å². The second kappa shape index (κ2) is 5.51. The Labute approximate surface area is 121 Å². The molecular weight excluding hydrogens is 283 g/mol. The lowest BCUT2D eigenvalue weighted by Crippen LogP contribution is -2.14. The van der Waals surface area contributed by atoms with Crippen LogP contribution in [-0.4, -0.2) is 5.91 Å². The summed E-state index contributed by atoms with van der Waals surface area (Å²) in [6.07, 6.45) is 0. The Morgan fingerprint density at radius 1 is 1.16 bits per heavy atom. The maximum Gasteiger partial charge on any atom is 0.257 e. The Hall–Kier alpha value is -1.71. The second-order valence-corrected chi connectivity index (χ2v) is 4.88. The third-order valence-electron chi connectivity index (χ3n) is 2.73. The molecule has 0 atom stereocenters. The van der Waals surface area contributed by atoms with Gasteiger partial charge in [0.1, 0.15) is 0 Å². The van der Waals surface area contributed by atoms with Crippen LogP contribution in [0.25, 0.3) is 0 Å². The number of amides is 1. The average Bonchev–Trinajstić information content (AvgIpc) is 2.37. The van der Waals surface area contributed by atoms with E-state index in [4.69, 9.17) is 28.9 Å². The van der Waals surface area contributed by atoms with Crippen molar-refractivity contribution in [2.45, 2.75) is 6.92 Å². The molecule has 0 bridgehead atoms. The van der Waals surface area contributed by atoms with Crippen LogP contribution in [-0.2, 0) is 0 Å². The molecule has 3 nitrogen and oxygen atoms in total. The average molecular weight is 295 g/mol. The topological polar surface area (TPSA) is 55.1 Å². The molecule has 2 rings (SSSR count). The van der Waals surface area contributed by atoms with Gasteiger partial charge in [0.05, 0.1) is 27.0 Å². The maximum atomic E-state index is 12.2. The molecule has 19 heavy (non-hydrogen) atoms. The van der Waals surface area contributed by atoms with Crippen LogP contribution >= 0.6 is 23.2 Å². The predicted octanol–water partition coefficient (Wildman–Crippen LogP) is 4.14. The number of carbonyl (C=O) groups excluding carboxylic acids is 1. The molecule has 0 aliphatic carbocycles. The predicted molar refractivity (Wildman–Crippen MR) is 80.0 cm³/mol. The van der Waals surface area contributed by atoms with Gasteiger partial charge in [0, 0.05) is 0 Å². The number of carbonyl (C=O) groups is 1. The highest BCUT2D eigenvalue weighted by molar-refractivity contribution is 6.37. The first-order valence-electron chi connectivity index (χ1n) is 5.61. The minimum Gasteiger partial charge on any atom is -0.398 e. The van der Waals surface area contributed by atoms with Gasteiger partial charge in [-0.05, 0) is 30.7 Å². The highest BCUT2D eigenvalue weighted by atomic mass is 35.5. The van der Waals surface area contributed by atoms with E-state index < -0.39 is 0 Å². The third-order valence-corrected chi connectivity index (χ3v) is 3.47. The Kier molecular flexibility index (Phi) is 3.98. The molecule has 0 aliphatic rings. The molecule has 1 amide bonds. The van der Waals surface area contributed by atoms with E-state index in [0.29, 0.717) is 22.0 Å². The van der Waals surface area contributed by atoms with Gasteiger partial charge in [-0.25, -0.2) is 0 Å². The van der Waals surface area contributed by atoms with Crippen molar-refractivity contribution in [2.24, 2.45) is 0 Å². The van der Waals surface area contributed by atoms with Crippen molar-refractivity contribution in [1.82, 2.24) is 0 Å². The lowest BCUT2D eigenvalue weighted by atomic mass is 10.1. The molecule has 0 aromatic heterocycles. The summed E-state index contributed by atoms with van der Waals surface area (Å²) in [5.41, 5.74) is 7.81. The Morgan fingerprint density at radius 3 is 2.53 bits per heavy atom. The van der Waals surface area contributed by atoms with Crippen molar-refractivity contribution in [3.05, 3.63) is 57.6 Å². The van der Waals surface area contributed by atoms with Crippen LogP contribution in [0.4, 0.5) is 11.4 Å². The van der Waals surface area contributed by atoms with Gasteiger partial charge in [-0.3, -0.25) is 4.79 Å². The third kappa shape index (κ3) is 2.83. The zero-order valence-corrected chi connectivity index (χ0v) is 11.7. The van der Waals surface area contributed by atoms with Crippen LogP contribution in [0.1, 0.15) is 15.9 Å². The van der Waals surface area contributed by atoms with Crippen LogP contribution < -0.4 is 11.1 Å². The van der Waals surface area contributed by atoms with Crippen LogP contribution in [0.15, 0.2) is 36.4 Å². The van der Waals surface area contributed by atoms with Crippen molar-refractivity contribution < 1.29 is 4.79 Å². The van der Waals surface area contributed by atoms with E-state index in [1.165, 1.54) is 0 Å². The number of aryl methyl sites for hydroxylation is 1. The van der Waals surface area contributed by atoms with E-state index in [-0.39, 0.29) is 10.9 Å². The number of hydrogen-bond donors (Lipinski definition) is 2. The number of rotatable bonds is 2. The molecule has 2 aromatic rings. The van der Waals surface area contributed by atoms with Gasteiger partial charge in [0.25, 0.3) is 5.91 Å². The van der Waals surface area contributed by atoms with Crippen LogP contribution in [0, 0.1) is 6.92 Å². The highest BCUT2D eigenvalue weighted by Crippen LogP contribution is 2.28. The normalized spacial score (nSPS) is 10.3. The lowest BCUT2D eigenvalue weighted by molar-refractivity contribution is 0.102. The van der Waals surface area contributed by atoms with Crippen LogP contribution in [0.2, 0.25) is 10.0 Å². The summed E-state index contributed by atoms with van der Waals surface area (Å²) in [6, 6.07) is 10.3. The summed E-state index contributed by atoms with van der Waals surface area (Å²) >= 11 is 12.1. The fraction of sp³-hybridized carbons (Fsp3) is 0.0714. The smallest absolute Gasteiger partial charge is 0.257 e. The zero-order chi connectivity index (χ0) is 14.0. The number of halogens is 2. The summed E-state index contributed by atoms with van der Waals surface area (Å²) in [4.78, 5) is 12.2. The SMILES string of the molecule is Cc1cccc(Cl)c1NC(=O)c1cccc(N)c1Cl. The molecule has 0 saturated carbocycles. The van der Waals surface area contributed by atoms with E-state index in [1.807, 2.05) is 19.1 Å². The standard InChI is InChI=1S/C14H12Cl2N2O/c1-8-4-2-6-10(15)13(8)18-14(19)9-5-3-7-11(17)12(9)16/h2-7H,17H2,1H3,(H,18,19). The molecule has 0 heterocycles. The van der Waals surface area contributed by atoms with Gasteiger partial charge in [-0.2, -0.15) is 0 Å². The van der Waals surface area contributed by atoms with Crippen molar-refractivity contribution in [1.29, 1.82) is 0 Å². The number of benzene rings is 2. The Morgan fingerprint density at radius 2 is 1.84 bits per heavy atom. The fourth-order valence-electron chi connectivity index (χ4n) is 1.70. The highest BCUT2D eigenvalue weighted by Gasteiger charge is 2.14. The monoisotopic (exact) mass is 294 g/mol. The number of nitrogens with one attached hydrogen (secondary N) is 1. The number of para-hydroxylation sites is 1. The van der Waals surface area contributed by atoms with Gasteiger partial charge in [-0.1, -0.05) is 41.4 Å². The first kappa shape index (κ1) is 13.7. The minimum absolute atomic E-state index is 0.240. The van der Waals surface area contributed by atoms with Gasteiger partial charge in [0.2, 0.25) is 0 Å². The van der Waals surface area contributed by atoms with E-state index >= 15 is 0 Å². The van der Waals surface area contributed by atoms with Gasteiger partial charge in [0.15, 0.2) is 0 Å². The second-order valence-electron chi connectivity index (χ2n) is 4.09. The van der Waals surface area contributed by atoms with Crippen molar-refractivity contribution in [3.8, 4) is 0 Å². The van der Waals surface area contributed by atoms with Crippen LogP contribution in [0.5, 0.6) is 0 Å². The van der Waals surface area contributed by atoms with Crippen molar-refractivity contribution in [3.63, 3.8) is 0 Å². The molecule has 0 aliphatic heterocycles. The molecule has 0 saturated heterocycles. The number of nitrogen functional groups attached to an aromatic ring is 1. The molecule has 2 aromatic carbocycles. The molecule has 0 unspecified atom stereocenters. The number of nitrogens with two attached hydrogens (primary N) is 1. The van der Waals surface area contributed by atoms with Crippen molar-refractivity contribution in [2.75, 3.05) is 11.1 Å². The number of hydrogen-bond acceptors (Lipinski definition) is 2. The summed E-state index contributed by atoms with van der Waals surface area (Å²) < 4.78 is 0. The lowest BCUT2D eigenvalue weighted by Gasteiger charge is -2.11. The first-order valence-corrected chi connectivity index (χ1v) is 6.36. The molecule has 5 heteroatoms. The Balaban J connectivity index is 2.34. The first-order chi connectivity index (χ1) is 9.00. The summed E-state index contributed by atoms with van der Waals surface area (Å²) in [5.74, 6) is -0.339. The van der Waals surface area contributed by atoms with E-state index in [9.17, 15) is 4.79 Å². The molecule has 3 N–H and O–H groups in total. The molecule has 0 fully saturated rings. The van der Waals surface area contributed by atoms with Gasteiger partial charge in [-0.15, -0.1) is 0 Å². The quantitative estimate of drug-likeness (QED) is 0.818. The molecule has 0 radical (unpaired) electrons. The maximum absolute atomic E-state index is 12.2. The van der Waals surface area contributed by atoms with Gasteiger partial charge >= 0.3 is 0 Å². The fourth-order valence-corrected chi connectivity index (χ4v) is 2.18. The largest absolute Gasteiger partial charge is 0.398 e. The van der Waals surface area contributed by atoms with E-state index in [0.717, 1.165) is 5.56 Å². The summed E-state index contributed by atoms with van der Waals surface area (Å²) in [6.45, 7) is 1.86. The van der Waals surface area contributed by atoms with Crippen LogP contribution in [0.3, 0.4) is 0 Å². The summed E-state index contributed by atoms with van der Waals surface area (Å²) in [7, 11) is 0. The molecular formula is C14H12Cl2N2O. The summed E-state index contributed by atoms with van der Waals surface area (Å²) in [5, 5.41) is 3.47. The molecule has 0 spiro atoms.